The zero-order valence-corrected chi connectivity index (χ0v) is 39.5. The number of carboxylic acids is 1. The quantitative estimate of drug-likeness (QED) is 0.122. The fourth-order valence-electron chi connectivity index (χ4n) is 15.2. The van der Waals surface area contributed by atoms with Crippen LogP contribution < -0.4 is 0 Å². The van der Waals surface area contributed by atoms with Crippen molar-refractivity contribution in [3.05, 3.63) is 11.6 Å². The Hall–Kier alpha value is -1.39. The highest BCUT2D eigenvalue weighted by Crippen LogP contribution is 2.76. The van der Waals surface area contributed by atoms with Gasteiger partial charge in [-0.1, -0.05) is 67.0 Å². The standard InChI is InChI=1S/C48H78O17/c1-21-16-47(9)23(24-17-43(3,4)29(50)18-48(21,24)42(58)59)10-11-28-45(7)14-13-30(44(5,6)27(45)12-15-46(28,47)8)64-40-37(57)34(54)33(53)26(63-40)20-61-41-38(35(55)31(51)22(2)62-41)65-39-36(56)32(52)25(49)19-60-39/h10,21-22,24-41,49-57H,11-20H2,1-9H3,(H,58,59)/t21-,22-,24+,25-,26-,27+,28-,29+,30+,31+,32+,33-,34+,35+,36-,37-,38-,39+,40+,41-,45+,46-,47-,48+/m1/s1. The van der Waals surface area contributed by atoms with Gasteiger partial charge in [-0.3, -0.25) is 4.79 Å². The molecule has 5 aliphatic carbocycles. The molecule has 3 saturated heterocycles. The van der Waals surface area contributed by atoms with Crippen LogP contribution in [-0.2, 0) is 33.2 Å². The second kappa shape index (κ2) is 17.2. The molecular weight excluding hydrogens is 849 g/mol. The zero-order valence-electron chi connectivity index (χ0n) is 39.5. The highest BCUT2D eigenvalue weighted by atomic mass is 16.8. The van der Waals surface area contributed by atoms with Gasteiger partial charge >= 0.3 is 5.97 Å². The third kappa shape index (κ3) is 7.63. The molecule has 10 N–H and O–H groups in total. The largest absolute Gasteiger partial charge is 0.481 e. The Morgan fingerprint density at radius 1 is 0.723 bits per heavy atom. The number of hydrogen-bond acceptors (Lipinski definition) is 16. The lowest BCUT2D eigenvalue weighted by Crippen LogP contribution is -2.67. The molecule has 0 amide bonds. The van der Waals surface area contributed by atoms with Crippen LogP contribution in [-0.4, -0.2) is 168 Å². The Morgan fingerprint density at radius 3 is 2.08 bits per heavy atom. The molecule has 17 nitrogen and oxygen atoms in total. The lowest BCUT2D eigenvalue weighted by molar-refractivity contribution is -0.365. The number of hydrogen-bond donors (Lipinski definition) is 10. The van der Waals surface area contributed by atoms with E-state index in [4.69, 9.17) is 28.4 Å². The normalized spacial score (nSPS) is 55.1. The van der Waals surface area contributed by atoms with Gasteiger partial charge in [-0.15, -0.1) is 0 Å². The minimum Gasteiger partial charge on any atom is -0.481 e. The summed E-state index contributed by atoms with van der Waals surface area (Å²) in [5.74, 6) is -0.596. The zero-order chi connectivity index (χ0) is 47.7. The number of aliphatic hydroxyl groups is 9. The molecule has 8 aliphatic rings. The molecule has 3 heterocycles. The van der Waals surface area contributed by atoms with E-state index in [0.717, 1.165) is 32.1 Å². The van der Waals surface area contributed by atoms with Gasteiger partial charge in [-0.2, -0.15) is 0 Å². The molecule has 372 valence electrons. The molecule has 24 atom stereocenters. The number of carboxylic acid groups (broad SMARTS) is 1. The topological polar surface area (TPSA) is 275 Å². The van der Waals surface area contributed by atoms with Crippen LogP contribution in [0, 0.1) is 56.2 Å². The van der Waals surface area contributed by atoms with Gasteiger partial charge in [0, 0.05) is 0 Å². The van der Waals surface area contributed by atoms with Crippen molar-refractivity contribution in [2.24, 2.45) is 56.2 Å². The van der Waals surface area contributed by atoms with Crippen LogP contribution >= 0.6 is 0 Å². The summed E-state index contributed by atoms with van der Waals surface area (Å²) < 4.78 is 35.8. The van der Waals surface area contributed by atoms with E-state index in [0.29, 0.717) is 18.8 Å². The Morgan fingerprint density at radius 2 is 1.40 bits per heavy atom. The first-order valence-corrected chi connectivity index (χ1v) is 24.1. The first-order chi connectivity index (χ1) is 30.2. The summed E-state index contributed by atoms with van der Waals surface area (Å²) in [4.78, 5) is 13.3. The first-order valence-electron chi connectivity index (χ1n) is 24.1. The average Bonchev–Trinajstić information content (AvgIpc) is 3.22. The van der Waals surface area contributed by atoms with Crippen molar-refractivity contribution in [2.75, 3.05) is 13.2 Å². The fraction of sp³-hybridized carbons (Fsp3) is 0.938. The van der Waals surface area contributed by atoms with Gasteiger partial charge < -0.3 is 79.5 Å². The van der Waals surface area contributed by atoms with Gasteiger partial charge in [-0.25, -0.2) is 0 Å². The number of aliphatic carboxylic acids is 1. The van der Waals surface area contributed by atoms with E-state index < -0.39 is 127 Å². The van der Waals surface area contributed by atoms with Gasteiger partial charge in [-0.05, 0) is 109 Å². The van der Waals surface area contributed by atoms with E-state index in [9.17, 15) is 55.9 Å². The van der Waals surface area contributed by atoms with Crippen LogP contribution in [0.15, 0.2) is 11.6 Å². The highest BCUT2D eigenvalue weighted by molar-refractivity contribution is 5.77. The van der Waals surface area contributed by atoms with Gasteiger partial charge in [0.15, 0.2) is 18.9 Å². The van der Waals surface area contributed by atoms with Crippen LogP contribution in [0.4, 0.5) is 0 Å². The maximum Gasteiger partial charge on any atom is 0.310 e. The van der Waals surface area contributed by atoms with Gasteiger partial charge in [0.05, 0.1) is 36.9 Å². The summed E-state index contributed by atoms with van der Waals surface area (Å²) in [6.45, 7) is 18.6. The molecular formula is C48H78O17. The second-order valence-corrected chi connectivity index (χ2v) is 23.6. The summed E-state index contributed by atoms with van der Waals surface area (Å²) in [6.07, 6.45) is -13.6. The van der Waals surface area contributed by atoms with Crippen molar-refractivity contribution < 1.29 is 84.3 Å². The predicted molar refractivity (Wildman–Crippen MR) is 229 cm³/mol. The van der Waals surface area contributed by atoms with Crippen molar-refractivity contribution in [1.29, 1.82) is 0 Å². The Bertz CT molecular complexity index is 1790. The molecule has 3 aliphatic heterocycles. The van der Waals surface area contributed by atoms with Crippen molar-refractivity contribution in [1.82, 2.24) is 0 Å². The number of allylic oxidation sites excluding steroid dienone is 2. The summed E-state index contributed by atoms with van der Waals surface area (Å²) in [7, 11) is 0. The molecule has 0 spiro atoms. The third-order valence-electron chi connectivity index (χ3n) is 19.5. The second-order valence-electron chi connectivity index (χ2n) is 23.6. The lowest BCUT2D eigenvalue weighted by Gasteiger charge is -2.72. The van der Waals surface area contributed by atoms with E-state index in [1.54, 1.807) is 0 Å². The fourth-order valence-corrected chi connectivity index (χ4v) is 15.2. The Kier molecular flexibility index (Phi) is 13.2. The van der Waals surface area contributed by atoms with Crippen LogP contribution in [0.3, 0.4) is 0 Å². The number of aliphatic hydroxyl groups excluding tert-OH is 9. The van der Waals surface area contributed by atoms with E-state index in [1.807, 2.05) is 0 Å². The summed E-state index contributed by atoms with van der Waals surface area (Å²) in [5.41, 5.74) is -1.05. The van der Waals surface area contributed by atoms with Crippen molar-refractivity contribution in [3.8, 4) is 0 Å². The number of ether oxygens (including phenoxy) is 6. The van der Waals surface area contributed by atoms with Crippen LogP contribution in [0.1, 0.15) is 114 Å². The van der Waals surface area contributed by atoms with Gasteiger partial charge in [0.25, 0.3) is 0 Å². The smallest absolute Gasteiger partial charge is 0.310 e. The summed E-state index contributed by atoms with van der Waals surface area (Å²) in [5, 5.41) is 108. The summed E-state index contributed by atoms with van der Waals surface area (Å²) >= 11 is 0. The number of fused-ring (bicyclic) bond motifs is 7. The molecule has 0 unspecified atom stereocenters. The molecule has 17 heteroatoms. The highest BCUT2D eigenvalue weighted by Gasteiger charge is 2.71. The lowest BCUT2D eigenvalue weighted by atomic mass is 9.32. The maximum atomic E-state index is 13.3. The van der Waals surface area contributed by atoms with E-state index in [1.165, 1.54) is 12.5 Å². The van der Waals surface area contributed by atoms with Crippen LogP contribution in [0.5, 0.6) is 0 Å². The molecule has 4 saturated carbocycles. The van der Waals surface area contributed by atoms with E-state index >= 15 is 0 Å². The number of rotatable bonds is 8. The minimum atomic E-state index is -1.71. The van der Waals surface area contributed by atoms with Crippen molar-refractivity contribution in [2.45, 2.75) is 212 Å². The summed E-state index contributed by atoms with van der Waals surface area (Å²) in [6, 6.07) is 0. The Balaban J connectivity index is 0.979. The molecule has 0 bridgehead atoms. The predicted octanol–water partition coefficient (Wildman–Crippen LogP) is 1.59. The van der Waals surface area contributed by atoms with E-state index in [2.05, 4.69) is 61.5 Å². The van der Waals surface area contributed by atoms with Crippen LogP contribution in [0.2, 0.25) is 0 Å². The van der Waals surface area contributed by atoms with Gasteiger partial charge in [0.2, 0.25) is 0 Å². The van der Waals surface area contributed by atoms with Crippen molar-refractivity contribution in [3.63, 3.8) is 0 Å². The molecule has 0 aromatic heterocycles. The molecule has 8 rings (SSSR count). The molecule has 0 radical (unpaired) electrons. The Labute approximate surface area is 382 Å². The number of carbonyl (C=O) groups is 1. The third-order valence-corrected chi connectivity index (χ3v) is 19.5. The molecule has 65 heavy (non-hydrogen) atoms. The minimum absolute atomic E-state index is 0.114. The molecule has 0 aromatic rings. The van der Waals surface area contributed by atoms with Crippen LogP contribution in [0.25, 0.3) is 0 Å². The average molecular weight is 927 g/mol. The van der Waals surface area contributed by atoms with Crippen molar-refractivity contribution >= 4 is 5.97 Å². The maximum absolute atomic E-state index is 13.3. The van der Waals surface area contributed by atoms with E-state index in [-0.39, 0.29) is 47.0 Å². The molecule has 7 fully saturated rings. The monoisotopic (exact) mass is 927 g/mol. The first kappa shape index (κ1) is 50.0. The SMILES string of the molecule is C[C@@H]1C[C@]2(C)C(=CC[C@@H]3[C@@]4(C)CC[C@H](O[C@@H]5O[C@H](CO[C@@H]6O[C@H](C)[C@H](O)[C@H](O)[C@H]6O[C@@H]6OC[C@@H](O)[C@H](O)[C@H]6O)[C@@H](O)[C@H](O)[C@H]5O)C(C)(C)[C@@H]4CC[C@]32C)[C@@H]2CC(C)(C)[C@@H](O)C[C@]12C(=O)O. The van der Waals surface area contributed by atoms with Gasteiger partial charge in [0.1, 0.15) is 61.0 Å². The molecule has 0 aromatic carbocycles.